The molecule has 122 valence electrons. The molecule has 0 saturated carbocycles. The molecule has 3 rings (SSSR count). The maximum Gasteiger partial charge on any atom is 0.123 e. The maximum atomic E-state index is 12.9. The summed E-state index contributed by atoms with van der Waals surface area (Å²) in [5.41, 5.74) is 4.89. The fourth-order valence-electron chi connectivity index (χ4n) is 2.64. The van der Waals surface area contributed by atoms with Gasteiger partial charge in [0, 0.05) is 0 Å². The van der Waals surface area contributed by atoms with Crippen LogP contribution in [0.5, 0.6) is 5.75 Å². The van der Waals surface area contributed by atoms with Gasteiger partial charge in [-0.05, 0) is 52.9 Å². The van der Waals surface area contributed by atoms with E-state index in [1.54, 1.807) is 12.1 Å². The van der Waals surface area contributed by atoms with Gasteiger partial charge in [-0.25, -0.2) is 4.39 Å². The van der Waals surface area contributed by atoms with Crippen LogP contribution >= 0.6 is 0 Å². The van der Waals surface area contributed by atoms with Crippen molar-refractivity contribution in [1.29, 1.82) is 0 Å². The van der Waals surface area contributed by atoms with Gasteiger partial charge in [-0.3, -0.25) is 0 Å². The first-order valence-electron chi connectivity index (χ1n) is 8.31. The second-order valence-electron chi connectivity index (χ2n) is 5.89. The van der Waals surface area contributed by atoms with Crippen molar-refractivity contribution in [2.45, 2.75) is 26.4 Å². The summed E-state index contributed by atoms with van der Waals surface area (Å²) < 4.78 is 18.5. The Hall–Kier alpha value is -2.61. The van der Waals surface area contributed by atoms with E-state index in [1.807, 2.05) is 0 Å². The highest BCUT2D eigenvalue weighted by Crippen LogP contribution is 2.21. The molecule has 0 aliphatic heterocycles. The van der Waals surface area contributed by atoms with Crippen molar-refractivity contribution in [3.63, 3.8) is 0 Å². The summed E-state index contributed by atoms with van der Waals surface area (Å²) in [6.45, 7) is 2.67. The Morgan fingerprint density at radius 3 is 1.79 bits per heavy atom. The lowest BCUT2D eigenvalue weighted by Crippen LogP contribution is -1.95. The third kappa shape index (κ3) is 4.23. The molecule has 1 nitrogen and oxygen atoms in total. The van der Waals surface area contributed by atoms with Crippen LogP contribution < -0.4 is 4.74 Å². The largest absolute Gasteiger partial charge is 0.489 e. The molecule has 0 saturated heterocycles. The lowest BCUT2D eigenvalue weighted by atomic mass is 10.0. The molecule has 0 fully saturated rings. The predicted octanol–water partition coefficient (Wildman–Crippen LogP) is 6.02. The highest BCUT2D eigenvalue weighted by atomic mass is 19.1. The molecule has 3 aromatic carbocycles. The van der Waals surface area contributed by atoms with Gasteiger partial charge in [-0.15, -0.1) is 0 Å². The number of hydrogen-bond donors (Lipinski definition) is 0. The summed E-state index contributed by atoms with van der Waals surface area (Å²) >= 11 is 0. The Morgan fingerprint density at radius 1 is 0.708 bits per heavy atom. The second-order valence-corrected chi connectivity index (χ2v) is 5.89. The Kier molecular flexibility index (Phi) is 5.27. The third-order valence-electron chi connectivity index (χ3n) is 4.00. The van der Waals surface area contributed by atoms with Gasteiger partial charge in [0.15, 0.2) is 0 Å². The monoisotopic (exact) mass is 320 g/mol. The minimum atomic E-state index is -0.253. The van der Waals surface area contributed by atoms with E-state index in [-0.39, 0.29) is 5.82 Å². The molecule has 0 unspecified atom stereocenters. The highest BCUT2D eigenvalue weighted by molar-refractivity contribution is 5.63. The number of rotatable bonds is 6. The minimum Gasteiger partial charge on any atom is -0.489 e. The van der Waals surface area contributed by atoms with E-state index in [1.165, 1.54) is 35.2 Å². The molecule has 0 spiro atoms. The summed E-state index contributed by atoms with van der Waals surface area (Å²) in [7, 11) is 0. The molecule has 0 aromatic heterocycles. The van der Waals surface area contributed by atoms with Gasteiger partial charge in [-0.1, -0.05) is 61.9 Å². The molecule has 0 aliphatic carbocycles. The Labute approximate surface area is 142 Å². The number of benzene rings is 3. The van der Waals surface area contributed by atoms with Crippen molar-refractivity contribution in [3.05, 3.63) is 89.7 Å². The normalized spacial score (nSPS) is 10.6. The molecule has 0 N–H and O–H groups in total. The first kappa shape index (κ1) is 16.3. The van der Waals surface area contributed by atoms with E-state index >= 15 is 0 Å². The molecule has 0 radical (unpaired) electrons. The first-order valence-corrected chi connectivity index (χ1v) is 8.31. The molecule has 0 atom stereocenters. The molecule has 0 heterocycles. The summed E-state index contributed by atoms with van der Waals surface area (Å²) in [5.74, 6) is 0.420. The lowest BCUT2D eigenvalue weighted by Gasteiger charge is -2.08. The summed E-state index contributed by atoms with van der Waals surface area (Å²) in [6, 6.07) is 23.2. The van der Waals surface area contributed by atoms with E-state index < -0.39 is 0 Å². The van der Waals surface area contributed by atoms with Gasteiger partial charge < -0.3 is 4.74 Å². The van der Waals surface area contributed by atoms with Crippen molar-refractivity contribution in [2.75, 3.05) is 0 Å². The zero-order valence-corrected chi connectivity index (χ0v) is 13.8. The van der Waals surface area contributed by atoms with Gasteiger partial charge in [0.1, 0.15) is 18.2 Å². The van der Waals surface area contributed by atoms with E-state index in [0.29, 0.717) is 12.4 Å². The fraction of sp³-hybridized carbons (Fsp3) is 0.182. The predicted molar refractivity (Wildman–Crippen MR) is 96.6 cm³/mol. The minimum absolute atomic E-state index is 0.253. The van der Waals surface area contributed by atoms with Gasteiger partial charge >= 0.3 is 0 Å². The van der Waals surface area contributed by atoms with Gasteiger partial charge in [0.25, 0.3) is 0 Å². The lowest BCUT2D eigenvalue weighted by molar-refractivity contribution is 0.306. The van der Waals surface area contributed by atoms with Crippen molar-refractivity contribution in [2.24, 2.45) is 0 Å². The number of hydrogen-bond acceptors (Lipinski definition) is 1. The third-order valence-corrected chi connectivity index (χ3v) is 4.00. The first-order chi connectivity index (χ1) is 11.7. The molecule has 0 aliphatic rings. The van der Waals surface area contributed by atoms with Crippen molar-refractivity contribution >= 4 is 0 Å². The summed E-state index contributed by atoms with van der Waals surface area (Å²) in [4.78, 5) is 0. The van der Waals surface area contributed by atoms with Crippen molar-refractivity contribution in [1.82, 2.24) is 0 Å². The number of halogens is 1. The van der Waals surface area contributed by atoms with Crippen LogP contribution in [-0.2, 0) is 13.0 Å². The molecule has 0 bridgehead atoms. The molecule has 3 aromatic rings. The van der Waals surface area contributed by atoms with Crippen LogP contribution in [0, 0.1) is 5.82 Å². The van der Waals surface area contributed by atoms with E-state index in [9.17, 15) is 4.39 Å². The SMILES string of the molecule is CCCc1ccc(-c2ccc(COc3ccc(F)cc3)cc2)cc1. The smallest absolute Gasteiger partial charge is 0.123 e. The topological polar surface area (TPSA) is 9.23 Å². The van der Waals surface area contributed by atoms with E-state index in [4.69, 9.17) is 4.74 Å². The van der Waals surface area contributed by atoms with Crippen LogP contribution in [-0.4, -0.2) is 0 Å². The fourth-order valence-corrected chi connectivity index (χ4v) is 2.64. The van der Waals surface area contributed by atoms with Crippen LogP contribution in [0.1, 0.15) is 24.5 Å². The highest BCUT2D eigenvalue weighted by Gasteiger charge is 2.01. The Bertz CT molecular complexity index is 759. The molecular formula is C22H21FO. The van der Waals surface area contributed by atoms with Gasteiger partial charge in [0.2, 0.25) is 0 Å². The standard InChI is InChI=1S/C22H21FO/c1-2-3-17-4-8-19(9-5-17)20-10-6-18(7-11-20)16-24-22-14-12-21(23)13-15-22/h4-15H,2-3,16H2,1H3. The Morgan fingerprint density at radius 2 is 1.25 bits per heavy atom. The van der Waals surface area contributed by atoms with Crippen molar-refractivity contribution < 1.29 is 9.13 Å². The Balaban J connectivity index is 1.63. The maximum absolute atomic E-state index is 12.9. The number of aryl methyl sites for hydroxylation is 1. The quantitative estimate of drug-likeness (QED) is 0.539. The van der Waals surface area contributed by atoms with E-state index in [0.717, 1.165) is 12.0 Å². The summed E-state index contributed by atoms with van der Waals surface area (Å²) in [5, 5.41) is 0. The zero-order valence-electron chi connectivity index (χ0n) is 13.8. The molecular weight excluding hydrogens is 299 g/mol. The van der Waals surface area contributed by atoms with Crippen LogP contribution in [0.15, 0.2) is 72.8 Å². The van der Waals surface area contributed by atoms with E-state index in [2.05, 4.69) is 55.5 Å². The molecule has 2 heteroatoms. The summed E-state index contributed by atoms with van der Waals surface area (Å²) in [6.07, 6.45) is 2.29. The van der Waals surface area contributed by atoms with Crippen molar-refractivity contribution in [3.8, 4) is 16.9 Å². The van der Waals surface area contributed by atoms with Gasteiger partial charge in [0.05, 0.1) is 0 Å². The second kappa shape index (κ2) is 7.78. The molecule has 0 amide bonds. The van der Waals surface area contributed by atoms with Crippen LogP contribution in [0.2, 0.25) is 0 Å². The van der Waals surface area contributed by atoms with Gasteiger partial charge in [-0.2, -0.15) is 0 Å². The average molecular weight is 320 g/mol. The van der Waals surface area contributed by atoms with Crippen LogP contribution in [0.25, 0.3) is 11.1 Å². The average Bonchev–Trinajstić information content (AvgIpc) is 2.63. The molecule has 24 heavy (non-hydrogen) atoms. The van der Waals surface area contributed by atoms with Crippen LogP contribution in [0.4, 0.5) is 4.39 Å². The van der Waals surface area contributed by atoms with Crippen LogP contribution in [0.3, 0.4) is 0 Å². The zero-order chi connectivity index (χ0) is 16.8. The number of ether oxygens (including phenoxy) is 1.